The summed E-state index contributed by atoms with van der Waals surface area (Å²) in [6, 6.07) is 12.6. The normalized spacial score (nSPS) is 18.4. The highest BCUT2D eigenvalue weighted by Crippen LogP contribution is 2.30. The van der Waals surface area contributed by atoms with Gasteiger partial charge in [0.05, 0.1) is 7.11 Å². The van der Waals surface area contributed by atoms with E-state index in [1.165, 1.54) is 35.2 Å². The van der Waals surface area contributed by atoms with Crippen LogP contribution in [0.15, 0.2) is 30.3 Å². The van der Waals surface area contributed by atoms with E-state index in [0.717, 1.165) is 38.2 Å². The molecule has 0 saturated carbocycles. The molecule has 2 aliphatic heterocycles. The minimum absolute atomic E-state index is 0.539. The summed E-state index contributed by atoms with van der Waals surface area (Å²) in [7, 11) is 1.78. The lowest BCUT2D eigenvalue weighted by molar-refractivity contribution is 0.187. The summed E-state index contributed by atoms with van der Waals surface area (Å²) in [6.07, 6.45) is 3.39. The van der Waals surface area contributed by atoms with Crippen LogP contribution in [-0.4, -0.2) is 42.1 Å². The van der Waals surface area contributed by atoms with E-state index in [2.05, 4.69) is 67.8 Å². The average Bonchev–Trinajstić information content (AvgIpc) is 2.72. The monoisotopic (exact) mass is 392 g/mol. The van der Waals surface area contributed by atoms with Crippen LogP contribution >= 0.6 is 0 Å². The molecule has 1 unspecified atom stereocenters. The lowest BCUT2D eigenvalue weighted by atomic mass is 9.90. The largest absolute Gasteiger partial charge is 0.496 e. The molecule has 3 nitrogen and oxygen atoms in total. The fourth-order valence-corrected chi connectivity index (χ4v) is 5.22. The third-order valence-electron chi connectivity index (χ3n) is 7.00. The lowest BCUT2D eigenvalue weighted by Crippen LogP contribution is -2.39. The Bertz CT molecular complexity index is 873. The van der Waals surface area contributed by atoms with Gasteiger partial charge in [-0.25, -0.2) is 0 Å². The highest BCUT2D eigenvalue weighted by molar-refractivity contribution is 5.42. The number of hydrogen-bond acceptors (Lipinski definition) is 3. The Labute approximate surface area is 176 Å². The van der Waals surface area contributed by atoms with E-state index in [9.17, 15) is 0 Å². The molecule has 0 N–H and O–H groups in total. The van der Waals surface area contributed by atoms with Crippen molar-refractivity contribution in [2.75, 3.05) is 20.2 Å². The van der Waals surface area contributed by atoms with Gasteiger partial charge in [0, 0.05) is 38.3 Å². The van der Waals surface area contributed by atoms with Crippen LogP contribution in [0, 0.1) is 6.92 Å². The minimum Gasteiger partial charge on any atom is -0.496 e. The fourth-order valence-electron chi connectivity index (χ4n) is 5.22. The average molecular weight is 393 g/mol. The Morgan fingerprint density at radius 3 is 2.41 bits per heavy atom. The molecule has 0 saturated heterocycles. The van der Waals surface area contributed by atoms with Crippen LogP contribution in [0.4, 0.5) is 0 Å². The fraction of sp³-hybridized carbons (Fsp3) is 0.538. The van der Waals surface area contributed by atoms with Crippen LogP contribution in [0.5, 0.6) is 5.75 Å². The van der Waals surface area contributed by atoms with Gasteiger partial charge in [-0.1, -0.05) is 24.3 Å². The van der Waals surface area contributed by atoms with Crippen molar-refractivity contribution < 1.29 is 4.74 Å². The summed E-state index contributed by atoms with van der Waals surface area (Å²) in [5.74, 6) is 1.05. The predicted molar refractivity (Wildman–Crippen MR) is 121 cm³/mol. The molecule has 1 atom stereocenters. The van der Waals surface area contributed by atoms with Crippen molar-refractivity contribution in [1.82, 2.24) is 9.80 Å². The second-order valence-corrected chi connectivity index (χ2v) is 9.24. The van der Waals surface area contributed by atoms with Crippen LogP contribution < -0.4 is 4.74 Å². The molecule has 0 spiro atoms. The zero-order valence-electron chi connectivity index (χ0n) is 18.8. The second kappa shape index (κ2) is 8.49. The zero-order valence-corrected chi connectivity index (χ0v) is 18.8. The number of nitrogens with zero attached hydrogens (tertiary/aromatic N) is 2. The van der Waals surface area contributed by atoms with Crippen molar-refractivity contribution in [3.63, 3.8) is 0 Å². The van der Waals surface area contributed by atoms with E-state index in [1.54, 1.807) is 18.2 Å². The number of rotatable bonds is 5. The molecule has 3 heteroatoms. The summed E-state index contributed by atoms with van der Waals surface area (Å²) < 4.78 is 5.57. The van der Waals surface area contributed by atoms with Gasteiger partial charge < -0.3 is 4.74 Å². The van der Waals surface area contributed by atoms with Crippen molar-refractivity contribution in [3.8, 4) is 5.75 Å². The van der Waals surface area contributed by atoms with Crippen molar-refractivity contribution >= 4 is 0 Å². The van der Waals surface area contributed by atoms with Gasteiger partial charge in [-0.3, -0.25) is 9.80 Å². The van der Waals surface area contributed by atoms with Gasteiger partial charge >= 0.3 is 0 Å². The van der Waals surface area contributed by atoms with Gasteiger partial charge in [-0.05, 0) is 86.4 Å². The third-order valence-corrected chi connectivity index (χ3v) is 7.00. The van der Waals surface area contributed by atoms with Crippen LogP contribution in [0.2, 0.25) is 0 Å². The summed E-state index contributed by atoms with van der Waals surface area (Å²) >= 11 is 0. The first-order valence-electron chi connectivity index (χ1n) is 11.2. The van der Waals surface area contributed by atoms with Crippen LogP contribution in [0.3, 0.4) is 0 Å². The predicted octanol–water partition coefficient (Wildman–Crippen LogP) is 4.76. The maximum Gasteiger partial charge on any atom is 0.122 e. The number of benzene rings is 2. The number of fused-ring (bicyclic) bond motifs is 2. The zero-order chi connectivity index (χ0) is 20.5. The summed E-state index contributed by atoms with van der Waals surface area (Å²) in [4.78, 5) is 5.24. The summed E-state index contributed by atoms with van der Waals surface area (Å²) in [6.45, 7) is 13.8. The molecule has 156 valence electrons. The molecular weight excluding hydrogens is 356 g/mol. The number of methoxy groups -OCH3 is 1. The van der Waals surface area contributed by atoms with Gasteiger partial charge in [-0.2, -0.15) is 0 Å². The van der Waals surface area contributed by atoms with E-state index in [1.807, 2.05) is 0 Å². The van der Waals surface area contributed by atoms with Crippen molar-refractivity contribution in [2.24, 2.45) is 0 Å². The number of aryl methyl sites for hydroxylation is 1. The van der Waals surface area contributed by atoms with Gasteiger partial charge in [0.1, 0.15) is 5.75 Å². The second-order valence-electron chi connectivity index (χ2n) is 9.24. The quantitative estimate of drug-likeness (QED) is 0.730. The van der Waals surface area contributed by atoms with Gasteiger partial charge in [-0.15, -0.1) is 0 Å². The Balaban J connectivity index is 1.48. The topological polar surface area (TPSA) is 15.7 Å². The maximum atomic E-state index is 5.57. The Hall–Kier alpha value is -1.84. The molecule has 4 rings (SSSR count). The Morgan fingerprint density at radius 1 is 0.931 bits per heavy atom. The number of hydrogen-bond donors (Lipinski definition) is 0. The van der Waals surface area contributed by atoms with Crippen molar-refractivity contribution in [2.45, 2.75) is 72.1 Å². The molecule has 0 radical (unpaired) electrons. The Morgan fingerprint density at radius 2 is 1.66 bits per heavy atom. The van der Waals surface area contributed by atoms with Crippen LogP contribution in [0.25, 0.3) is 0 Å². The van der Waals surface area contributed by atoms with E-state index >= 15 is 0 Å². The van der Waals surface area contributed by atoms with E-state index in [4.69, 9.17) is 4.74 Å². The molecule has 2 aromatic rings. The SMILES string of the molecule is COc1cccc2c1CCN(C(C)Cc1cc(C)c3c(c1)CN(C(C)C)CC3)C2. The highest BCUT2D eigenvalue weighted by Gasteiger charge is 2.24. The molecule has 0 aromatic heterocycles. The molecule has 0 fully saturated rings. The van der Waals surface area contributed by atoms with Gasteiger partial charge in [0.25, 0.3) is 0 Å². The molecule has 2 aromatic carbocycles. The van der Waals surface area contributed by atoms with E-state index < -0.39 is 0 Å². The first kappa shape index (κ1) is 20.4. The molecule has 0 bridgehead atoms. The van der Waals surface area contributed by atoms with Gasteiger partial charge in [0.15, 0.2) is 0 Å². The molecule has 29 heavy (non-hydrogen) atoms. The molecule has 0 amide bonds. The molecule has 0 aliphatic carbocycles. The first-order chi connectivity index (χ1) is 14.0. The highest BCUT2D eigenvalue weighted by atomic mass is 16.5. The standard InChI is InChI=1S/C26H36N2O/c1-18(2)27-11-9-24-19(3)13-21(15-23(24)17-27)14-20(4)28-12-10-25-22(16-28)7-6-8-26(25)29-5/h6-8,13,15,18,20H,9-12,14,16-17H2,1-5H3. The van der Waals surface area contributed by atoms with E-state index in [0.29, 0.717) is 12.1 Å². The first-order valence-corrected chi connectivity index (χ1v) is 11.2. The van der Waals surface area contributed by atoms with Crippen LogP contribution in [-0.2, 0) is 32.4 Å². The Kier molecular flexibility index (Phi) is 5.98. The molecular formula is C26H36N2O. The van der Waals surface area contributed by atoms with Crippen molar-refractivity contribution in [1.29, 1.82) is 0 Å². The molecule has 2 heterocycles. The minimum atomic E-state index is 0.539. The van der Waals surface area contributed by atoms with Crippen molar-refractivity contribution in [3.05, 3.63) is 63.7 Å². The van der Waals surface area contributed by atoms with E-state index in [-0.39, 0.29) is 0 Å². The smallest absolute Gasteiger partial charge is 0.122 e. The maximum absolute atomic E-state index is 5.57. The number of ether oxygens (including phenoxy) is 1. The summed E-state index contributed by atoms with van der Waals surface area (Å²) in [5.41, 5.74) is 8.96. The molecule has 2 aliphatic rings. The van der Waals surface area contributed by atoms with Crippen LogP contribution in [0.1, 0.15) is 54.2 Å². The lowest BCUT2D eigenvalue weighted by Gasteiger charge is -2.35. The van der Waals surface area contributed by atoms with Gasteiger partial charge in [0.2, 0.25) is 0 Å². The summed E-state index contributed by atoms with van der Waals surface area (Å²) in [5, 5.41) is 0. The third kappa shape index (κ3) is 4.22.